The van der Waals surface area contributed by atoms with Gasteiger partial charge >= 0.3 is 0 Å². The summed E-state index contributed by atoms with van der Waals surface area (Å²) in [6.45, 7) is 11.0. The Morgan fingerprint density at radius 1 is 1.35 bits per heavy atom. The van der Waals surface area contributed by atoms with Gasteiger partial charge in [-0.25, -0.2) is 0 Å². The molecule has 20 heavy (non-hydrogen) atoms. The molecular weight excluding hydrogens is 246 g/mol. The third-order valence-corrected chi connectivity index (χ3v) is 4.78. The predicted molar refractivity (Wildman–Crippen MR) is 85.0 cm³/mol. The minimum atomic E-state index is 0.622. The van der Waals surface area contributed by atoms with Gasteiger partial charge in [-0.15, -0.1) is 0 Å². The summed E-state index contributed by atoms with van der Waals surface area (Å²) in [7, 11) is 0. The molecule has 1 aromatic heterocycles. The zero-order chi connectivity index (χ0) is 14.5. The molecule has 3 unspecified atom stereocenters. The average molecular weight is 277 g/mol. The first-order valence-corrected chi connectivity index (χ1v) is 8.46. The van der Waals surface area contributed by atoms with Gasteiger partial charge in [0.2, 0.25) is 0 Å². The van der Waals surface area contributed by atoms with Crippen LogP contribution in [0.4, 0.5) is 0 Å². The molecule has 1 saturated carbocycles. The zero-order valence-electron chi connectivity index (χ0n) is 13.7. The lowest BCUT2D eigenvalue weighted by atomic mass is 9.93. The molecule has 1 aromatic rings. The highest BCUT2D eigenvalue weighted by Gasteiger charge is 2.29. The van der Waals surface area contributed by atoms with E-state index in [1.807, 2.05) is 0 Å². The second-order valence-electron chi connectivity index (χ2n) is 6.34. The van der Waals surface area contributed by atoms with Crippen LogP contribution in [0.2, 0.25) is 0 Å². The fourth-order valence-electron chi connectivity index (χ4n) is 3.64. The number of nitrogens with one attached hydrogen (secondary N) is 1. The molecule has 1 fully saturated rings. The second kappa shape index (κ2) is 7.26. The van der Waals surface area contributed by atoms with Crippen molar-refractivity contribution in [3.8, 4) is 0 Å². The Hall–Kier alpha value is -0.830. The van der Waals surface area contributed by atoms with E-state index in [0.29, 0.717) is 6.04 Å². The van der Waals surface area contributed by atoms with Crippen molar-refractivity contribution in [2.45, 2.75) is 72.4 Å². The molecule has 0 radical (unpaired) electrons. The van der Waals surface area contributed by atoms with Crippen LogP contribution < -0.4 is 5.32 Å². The fourth-order valence-corrected chi connectivity index (χ4v) is 3.64. The molecule has 0 aliphatic heterocycles. The van der Waals surface area contributed by atoms with Crippen molar-refractivity contribution in [3.05, 3.63) is 17.5 Å². The summed E-state index contributed by atoms with van der Waals surface area (Å²) < 4.78 is 2.20. The van der Waals surface area contributed by atoms with E-state index in [1.54, 1.807) is 0 Å². The standard InChI is InChI=1S/C17H31N3/c1-5-15-11-16(20(7-3)19-15)12-17(18-6-2)14-9-8-13(4)10-14/h11,13-14,17-18H,5-10,12H2,1-4H3. The van der Waals surface area contributed by atoms with Crippen LogP contribution in [-0.2, 0) is 19.4 Å². The summed E-state index contributed by atoms with van der Waals surface area (Å²) in [6.07, 6.45) is 6.34. The van der Waals surface area contributed by atoms with E-state index in [1.165, 1.54) is 30.7 Å². The van der Waals surface area contributed by atoms with Crippen LogP contribution >= 0.6 is 0 Å². The molecule has 1 aliphatic carbocycles. The van der Waals surface area contributed by atoms with Crippen LogP contribution in [-0.4, -0.2) is 22.4 Å². The number of rotatable bonds is 7. The average Bonchev–Trinajstić information content (AvgIpc) is 3.04. The van der Waals surface area contributed by atoms with E-state index >= 15 is 0 Å². The van der Waals surface area contributed by atoms with Gasteiger partial charge in [-0.2, -0.15) is 5.10 Å². The van der Waals surface area contributed by atoms with Crippen LogP contribution in [0, 0.1) is 11.8 Å². The van der Waals surface area contributed by atoms with Gasteiger partial charge in [0.05, 0.1) is 5.69 Å². The molecule has 0 amide bonds. The Morgan fingerprint density at radius 3 is 2.70 bits per heavy atom. The molecule has 0 aromatic carbocycles. The van der Waals surface area contributed by atoms with Crippen molar-refractivity contribution in [2.24, 2.45) is 11.8 Å². The van der Waals surface area contributed by atoms with Crippen LogP contribution in [0.1, 0.15) is 58.3 Å². The van der Waals surface area contributed by atoms with E-state index in [2.05, 4.69) is 43.8 Å². The van der Waals surface area contributed by atoms with Crippen LogP contribution in [0.25, 0.3) is 0 Å². The molecule has 0 spiro atoms. The molecule has 1 aliphatic rings. The summed E-state index contributed by atoms with van der Waals surface area (Å²) in [5, 5.41) is 8.42. The normalized spacial score (nSPS) is 24.2. The van der Waals surface area contributed by atoms with Gasteiger partial charge in [0, 0.05) is 24.7 Å². The first kappa shape index (κ1) is 15.6. The van der Waals surface area contributed by atoms with Crippen molar-refractivity contribution in [3.63, 3.8) is 0 Å². The minimum Gasteiger partial charge on any atom is -0.314 e. The molecular formula is C17H31N3. The van der Waals surface area contributed by atoms with Gasteiger partial charge in [0.1, 0.15) is 0 Å². The smallest absolute Gasteiger partial charge is 0.0624 e. The molecule has 3 nitrogen and oxygen atoms in total. The highest BCUT2D eigenvalue weighted by Crippen LogP contribution is 2.33. The molecule has 0 bridgehead atoms. The van der Waals surface area contributed by atoms with Crippen molar-refractivity contribution in [1.29, 1.82) is 0 Å². The maximum Gasteiger partial charge on any atom is 0.0624 e. The van der Waals surface area contributed by atoms with Gasteiger partial charge in [0.15, 0.2) is 0 Å². The van der Waals surface area contributed by atoms with Crippen LogP contribution in [0.15, 0.2) is 6.07 Å². The minimum absolute atomic E-state index is 0.622. The molecule has 0 saturated heterocycles. The van der Waals surface area contributed by atoms with E-state index < -0.39 is 0 Å². The Bertz CT molecular complexity index is 410. The summed E-state index contributed by atoms with van der Waals surface area (Å²) in [5.41, 5.74) is 2.65. The fraction of sp³-hybridized carbons (Fsp3) is 0.824. The monoisotopic (exact) mass is 277 g/mol. The van der Waals surface area contributed by atoms with E-state index in [-0.39, 0.29) is 0 Å². The zero-order valence-corrected chi connectivity index (χ0v) is 13.7. The third kappa shape index (κ3) is 3.63. The van der Waals surface area contributed by atoms with Crippen molar-refractivity contribution in [1.82, 2.24) is 15.1 Å². The second-order valence-corrected chi connectivity index (χ2v) is 6.34. The number of hydrogen-bond donors (Lipinski definition) is 1. The molecule has 3 atom stereocenters. The lowest BCUT2D eigenvalue weighted by Gasteiger charge is -2.24. The number of aryl methyl sites for hydroxylation is 2. The first-order valence-electron chi connectivity index (χ1n) is 8.46. The van der Waals surface area contributed by atoms with Gasteiger partial charge in [0.25, 0.3) is 0 Å². The Balaban J connectivity index is 2.09. The number of aromatic nitrogens is 2. The Morgan fingerprint density at radius 2 is 2.15 bits per heavy atom. The number of hydrogen-bond acceptors (Lipinski definition) is 2. The van der Waals surface area contributed by atoms with Gasteiger partial charge in [-0.1, -0.05) is 27.2 Å². The lowest BCUT2D eigenvalue weighted by molar-refractivity contribution is 0.347. The maximum absolute atomic E-state index is 4.69. The van der Waals surface area contributed by atoms with Crippen molar-refractivity contribution < 1.29 is 0 Å². The molecule has 3 heteroatoms. The van der Waals surface area contributed by atoms with E-state index in [4.69, 9.17) is 5.10 Å². The van der Waals surface area contributed by atoms with Gasteiger partial charge in [-0.05, 0) is 50.6 Å². The molecule has 114 valence electrons. The van der Waals surface area contributed by atoms with Crippen molar-refractivity contribution >= 4 is 0 Å². The number of nitrogens with zero attached hydrogens (tertiary/aromatic N) is 2. The summed E-state index contributed by atoms with van der Waals surface area (Å²) in [4.78, 5) is 0. The third-order valence-electron chi connectivity index (χ3n) is 4.78. The van der Waals surface area contributed by atoms with E-state index in [9.17, 15) is 0 Å². The van der Waals surface area contributed by atoms with Crippen LogP contribution in [0.3, 0.4) is 0 Å². The van der Waals surface area contributed by atoms with Gasteiger partial charge < -0.3 is 5.32 Å². The quantitative estimate of drug-likeness (QED) is 0.827. The lowest BCUT2D eigenvalue weighted by Crippen LogP contribution is -2.37. The summed E-state index contributed by atoms with van der Waals surface area (Å²) in [6, 6.07) is 2.93. The highest BCUT2D eigenvalue weighted by atomic mass is 15.3. The largest absolute Gasteiger partial charge is 0.314 e. The summed E-state index contributed by atoms with van der Waals surface area (Å²) in [5.74, 6) is 1.75. The summed E-state index contributed by atoms with van der Waals surface area (Å²) >= 11 is 0. The predicted octanol–water partition coefficient (Wildman–Crippen LogP) is 3.42. The first-order chi connectivity index (χ1) is 9.67. The Kier molecular flexibility index (Phi) is 5.64. The van der Waals surface area contributed by atoms with E-state index in [0.717, 1.165) is 37.8 Å². The van der Waals surface area contributed by atoms with Crippen LogP contribution in [0.5, 0.6) is 0 Å². The topological polar surface area (TPSA) is 29.9 Å². The SMILES string of the molecule is CCNC(Cc1cc(CC)nn1CC)C1CCC(C)C1. The Labute approximate surface area is 124 Å². The molecule has 1 N–H and O–H groups in total. The number of likely N-dealkylation sites (N-methyl/N-ethyl adjacent to an activating group) is 1. The van der Waals surface area contributed by atoms with Crippen molar-refractivity contribution in [2.75, 3.05) is 6.54 Å². The maximum atomic E-state index is 4.69. The van der Waals surface area contributed by atoms with Gasteiger partial charge in [-0.3, -0.25) is 4.68 Å². The molecule has 2 rings (SSSR count). The molecule has 1 heterocycles. The highest BCUT2D eigenvalue weighted by molar-refractivity contribution is 5.12.